The topological polar surface area (TPSA) is 75.3 Å². The van der Waals surface area contributed by atoms with Gasteiger partial charge in [-0.25, -0.2) is 17.2 Å². The van der Waals surface area contributed by atoms with Crippen LogP contribution in [0.5, 0.6) is 0 Å². The summed E-state index contributed by atoms with van der Waals surface area (Å²) in [5.41, 5.74) is 2.15. The average molecular weight is 402 g/mol. The maximum absolute atomic E-state index is 13.3. The normalized spacial score (nSPS) is 11.1. The molecule has 0 unspecified atom stereocenters. The van der Waals surface area contributed by atoms with Gasteiger partial charge in [0.05, 0.1) is 4.90 Å². The molecule has 0 aromatic heterocycles. The first-order valence-corrected chi connectivity index (χ1v) is 9.69. The first kappa shape index (κ1) is 19.5. The first-order chi connectivity index (χ1) is 13.2. The van der Waals surface area contributed by atoms with Gasteiger partial charge in [0.2, 0.25) is 0 Å². The van der Waals surface area contributed by atoms with Gasteiger partial charge in [0.15, 0.2) is 11.6 Å². The number of aryl methyl sites for hydroxylation is 1. The summed E-state index contributed by atoms with van der Waals surface area (Å²) < 4.78 is 53.1. The van der Waals surface area contributed by atoms with Crippen molar-refractivity contribution < 1.29 is 22.0 Å². The van der Waals surface area contributed by atoms with Crippen LogP contribution in [-0.2, 0) is 10.0 Å². The van der Waals surface area contributed by atoms with Gasteiger partial charge in [-0.15, -0.1) is 0 Å². The molecule has 0 atom stereocenters. The molecule has 0 saturated carbocycles. The first-order valence-electron chi connectivity index (χ1n) is 8.20. The summed E-state index contributed by atoms with van der Waals surface area (Å²) in [5.74, 6) is -2.74. The lowest BCUT2D eigenvalue weighted by molar-refractivity contribution is 0.102. The largest absolute Gasteiger partial charge is 0.322 e. The van der Waals surface area contributed by atoms with Gasteiger partial charge in [-0.05, 0) is 67.1 Å². The van der Waals surface area contributed by atoms with E-state index in [1.165, 1.54) is 24.3 Å². The van der Waals surface area contributed by atoms with E-state index in [0.29, 0.717) is 17.3 Å². The lowest BCUT2D eigenvalue weighted by Gasteiger charge is -2.10. The Morgan fingerprint density at radius 2 is 1.57 bits per heavy atom. The molecule has 0 heterocycles. The Bertz CT molecular complexity index is 1130. The highest BCUT2D eigenvalue weighted by molar-refractivity contribution is 7.92. The van der Waals surface area contributed by atoms with Crippen LogP contribution in [-0.4, -0.2) is 14.3 Å². The molecule has 0 fully saturated rings. The molecule has 3 aromatic rings. The van der Waals surface area contributed by atoms with Crippen LogP contribution in [0.2, 0.25) is 0 Å². The van der Waals surface area contributed by atoms with Crippen molar-refractivity contribution in [3.05, 3.63) is 89.5 Å². The summed E-state index contributed by atoms with van der Waals surface area (Å²) in [6.07, 6.45) is 0. The molecule has 8 heteroatoms. The second kappa shape index (κ2) is 7.77. The van der Waals surface area contributed by atoms with Gasteiger partial charge in [-0.2, -0.15) is 0 Å². The number of nitrogens with one attached hydrogen (secondary N) is 2. The second-order valence-corrected chi connectivity index (χ2v) is 7.76. The number of hydrogen-bond donors (Lipinski definition) is 2. The maximum atomic E-state index is 13.3. The number of anilines is 2. The van der Waals surface area contributed by atoms with Crippen molar-refractivity contribution in [1.82, 2.24) is 0 Å². The molecular formula is C20H16F2N2O3S. The van der Waals surface area contributed by atoms with E-state index in [4.69, 9.17) is 0 Å². The van der Waals surface area contributed by atoms with Crippen LogP contribution < -0.4 is 10.0 Å². The Morgan fingerprint density at radius 3 is 2.21 bits per heavy atom. The summed E-state index contributed by atoms with van der Waals surface area (Å²) in [4.78, 5) is 11.9. The van der Waals surface area contributed by atoms with E-state index in [1.807, 2.05) is 25.1 Å². The Kier molecular flexibility index (Phi) is 5.41. The van der Waals surface area contributed by atoms with Crippen LogP contribution in [0.3, 0.4) is 0 Å². The van der Waals surface area contributed by atoms with Gasteiger partial charge in [0.25, 0.3) is 15.9 Å². The van der Waals surface area contributed by atoms with E-state index in [1.54, 1.807) is 6.07 Å². The molecule has 0 bridgehead atoms. The third kappa shape index (κ3) is 4.52. The van der Waals surface area contributed by atoms with Gasteiger partial charge < -0.3 is 5.32 Å². The third-order valence-corrected chi connectivity index (χ3v) is 5.26. The maximum Gasteiger partial charge on any atom is 0.261 e. The minimum absolute atomic E-state index is 0.178. The van der Waals surface area contributed by atoms with Crippen LogP contribution >= 0.6 is 0 Å². The molecule has 0 radical (unpaired) electrons. The molecule has 28 heavy (non-hydrogen) atoms. The number of hydrogen-bond acceptors (Lipinski definition) is 3. The number of carbonyl (C=O) groups is 1. The molecular weight excluding hydrogens is 386 g/mol. The molecule has 1 amide bonds. The zero-order valence-corrected chi connectivity index (χ0v) is 15.6. The number of amides is 1. The monoisotopic (exact) mass is 402 g/mol. The second-order valence-electron chi connectivity index (χ2n) is 6.08. The fourth-order valence-electron chi connectivity index (χ4n) is 2.47. The molecule has 0 saturated heterocycles. The highest BCUT2D eigenvalue weighted by Gasteiger charge is 2.17. The van der Waals surface area contributed by atoms with E-state index >= 15 is 0 Å². The van der Waals surface area contributed by atoms with Crippen molar-refractivity contribution in [2.75, 3.05) is 10.0 Å². The molecule has 0 aliphatic rings. The van der Waals surface area contributed by atoms with Crippen LogP contribution in [0.4, 0.5) is 20.2 Å². The predicted octanol–water partition coefficient (Wildman–Crippen LogP) is 4.33. The summed E-state index contributed by atoms with van der Waals surface area (Å²) in [7, 11) is -4.10. The quantitative estimate of drug-likeness (QED) is 0.667. The number of carbonyl (C=O) groups excluding carboxylic acids is 1. The van der Waals surface area contributed by atoms with E-state index in [-0.39, 0.29) is 11.6 Å². The number of benzene rings is 3. The number of halogens is 2. The molecule has 0 aliphatic heterocycles. The van der Waals surface area contributed by atoms with Crippen molar-refractivity contribution in [2.45, 2.75) is 11.8 Å². The SMILES string of the molecule is Cc1cccc(NC(=O)c2ccc(NS(=O)(=O)c3ccc(F)c(F)c3)cc2)c1. The summed E-state index contributed by atoms with van der Waals surface area (Å²) in [6.45, 7) is 1.91. The minimum Gasteiger partial charge on any atom is -0.322 e. The predicted molar refractivity (Wildman–Crippen MR) is 103 cm³/mol. The standard InChI is InChI=1S/C20H16F2N2O3S/c1-13-3-2-4-16(11-13)23-20(25)14-5-7-15(8-6-14)24-28(26,27)17-9-10-18(21)19(22)12-17/h2-12,24H,1H3,(H,23,25). The Morgan fingerprint density at radius 1 is 0.857 bits per heavy atom. The van der Waals surface area contributed by atoms with Gasteiger partial charge in [-0.1, -0.05) is 12.1 Å². The van der Waals surface area contributed by atoms with Crippen LogP contribution in [0.25, 0.3) is 0 Å². The van der Waals surface area contributed by atoms with Crippen molar-refractivity contribution >= 4 is 27.3 Å². The van der Waals surface area contributed by atoms with E-state index in [2.05, 4.69) is 10.0 Å². The smallest absolute Gasteiger partial charge is 0.261 e. The Labute approximate surface area is 161 Å². The van der Waals surface area contributed by atoms with Crippen molar-refractivity contribution in [1.29, 1.82) is 0 Å². The Balaban J connectivity index is 1.73. The molecule has 3 rings (SSSR count). The molecule has 0 spiro atoms. The summed E-state index contributed by atoms with van der Waals surface area (Å²) in [5, 5.41) is 2.75. The van der Waals surface area contributed by atoms with Crippen molar-refractivity contribution in [3.63, 3.8) is 0 Å². The zero-order chi connectivity index (χ0) is 20.3. The van der Waals surface area contributed by atoms with E-state index in [0.717, 1.165) is 17.7 Å². The zero-order valence-electron chi connectivity index (χ0n) is 14.7. The van der Waals surface area contributed by atoms with Gasteiger partial charge in [-0.3, -0.25) is 9.52 Å². The lowest BCUT2D eigenvalue weighted by atomic mass is 10.2. The Hall–Kier alpha value is -3.26. The van der Waals surface area contributed by atoms with Crippen molar-refractivity contribution in [3.8, 4) is 0 Å². The molecule has 5 nitrogen and oxygen atoms in total. The number of rotatable bonds is 5. The average Bonchev–Trinajstić information content (AvgIpc) is 2.64. The molecule has 0 aliphatic carbocycles. The summed E-state index contributed by atoms with van der Waals surface area (Å²) >= 11 is 0. The fourth-order valence-corrected chi connectivity index (χ4v) is 3.54. The highest BCUT2D eigenvalue weighted by atomic mass is 32.2. The van der Waals surface area contributed by atoms with Crippen LogP contribution in [0, 0.1) is 18.6 Å². The molecule has 144 valence electrons. The lowest BCUT2D eigenvalue weighted by Crippen LogP contribution is -2.14. The number of sulfonamides is 1. The van der Waals surface area contributed by atoms with Gasteiger partial charge in [0, 0.05) is 16.9 Å². The van der Waals surface area contributed by atoms with Crippen LogP contribution in [0.1, 0.15) is 15.9 Å². The van der Waals surface area contributed by atoms with Gasteiger partial charge >= 0.3 is 0 Å². The highest BCUT2D eigenvalue weighted by Crippen LogP contribution is 2.19. The summed E-state index contributed by atoms with van der Waals surface area (Å²) in [6, 6.07) is 15.3. The molecule has 3 aromatic carbocycles. The van der Waals surface area contributed by atoms with E-state index < -0.39 is 26.6 Å². The van der Waals surface area contributed by atoms with Crippen molar-refractivity contribution in [2.24, 2.45) is 0 Å². The fraction of sp³-hybridized carbons (Fsp3) is 0.0500. The third-order valence-electron chi connectivity index (χ3n) is 3.88. The van der Waals surface area contributed by atoms with E-state index in [9.17, 15) is 22.0 Å². The van der Waals surface area contributed by atoms with Gasteiger partial charge in [0.1, 0.15) is 0 Å². The van der Waals surface area contributed by atoms with Crippen LogP contribution in [0.15, 0.2) is 71.6 Å². The minimum atomic E-state index is -4.10. The molecule has 2 N–H and O–H groups in total.